The molecule has 0 saturated carbocycles. The Labute approximate surface area is 193 Å². The topological polar surface area (TPSA) is 58.1 Å². The SMILES string of the molecule is CCNC(=NCCCOCc1ccc(OC)cc1)NC1CCN(CC(F)(F)F)C1.I. The molecule has 172 valence electrons. The van der Waals surface area contributed by atoms with Crippen molar-refractivity contribution in [1.82, 2.24) is 15.5 Å². The lowest BCUT2D eigenvalue weighted by Gasteiger charge is -2.19. The van der Waals surface area contributed by atoms with Crippen LogP contribution in [0, 0.1) is 0 Å². The zero-order chi connectivity index (χ0) is 21.1. The molecule has 2 N–H and O–H groups in total. The number of hydrogen-bond donors (Lipinski definition) is 2. The van der Waals surface area contributed by atoms with E-state index in [0.29, 0.717) is 51.8 Å². The number of rotatable bonds is 10. The van der Waals surface area contributed by atoms with Crippen LogP contribution in [0.15, 0.2) is 29.3 Å². The maximum absolute atomic E-state index is 12.5. The van der Waals surface area contributed by atoms with Crippen LogP contribution < -0.4 is 15.4 Å². The molecule has 1 atom stereocenters. The van der Waals surface area contributed by atoms with Crippen molar-refractivity contribution >= 4 is 29.9 Å². The van der Waals surface area contributed by atoms with Gasteiger partial charge in [-0.15, -0.1) is 24.0 Å². The number of benzene rings is 1. The van der Waals surface area contributed by atoms with Crippen LogP contribution in [0.3, 0.4) is 0 Å². The van der Waals surface area contributed by atoms with E-state index >= 15 is 0 Å². The first-order valence-corrected chi connectivity index (χ1v) is 9.94. The molecule has 2 rings (SSSR count). The highest BCUT2D eigenvalue weighted by Gasteiger charge is 2.34. The second-order valence-electron chi connectivity index (χ2n) is 7.00. The summed E-state index contributed by atoms with van der Waals surface area (Å²) in [5, 5.41) is 6.38. The van der Waals surface area contributed by atoms with Crippen LogP contribution in [0.4, 0.5) is 13.2 Å². The smallest absolute Gasteiger partial charge is 0.401 e. The number of aliphatic imine (C=N–C) groups is 1. The van der Waals surface area contributed by atoms with E-state index in [2.05, 4.69) is 15.6 Å². The Morgan fingerprint density at radius 1 is 1.27 bits per heavy atom. The number of guanidine groups is 1. The van der Waals surface area contributed by atoms with Crippen molar-refractivity contribution in [3.8, 4) is 5.75 Å². The zero-order valence-corrected chi connectivity index (χ0v) is 19.8. The number of nitrogens with zero attached hydrogens (tertiary/aromatic N) is 2. The van der Waals surface area contributed by atoms with Crippen molar-refractivity contribution in [2.24, 2.45) is 4.99 Å². The molecule has 0 amide bonds. The molecule has 6 nitrogen and oxygen atoms in total. The molecular weight excluding hydrogens is 512 g/mol. The lowest BCUT2D eigenvalue weighted by Crippen LogP contribution is -2.45. The van der Waals surface area contributed by atoms with E-state index in [0.717, 1.165) is 17.7 Å². The van der Waals surface area contributed by atoms with Gasteiger partial charge in [-0.25, -0.2) is 0 Å². The summed E-state index contributed by atoms with van der Waals surface area (Å²) in [5.41, 5.74) is 1.08. The average molecular weight is 544 g/mol. The van der Waals surface area contributed by atoms with E-state index in [1.165, 1.54) is 4.90 Å². The standard InChI is InChI=1S/C20H31F3N4O2.HI/c1-3-24-19(26-17-9-11-27(13-17)15-20(21,22)23)25-10-4-12-29-14-16-5-7-18(28-2)8-6-16;/h5-8,17H,3-4,9-15H2,1-2H3,(H2,24,25,26);1H. The van der Waals surface area contributed by atoms with Gasteiger partial charge in [0.2, 0.25) is 0 Å². The summed E-state index contributed by atoms with van der Waals surface area (Å²) in [6.45, 7) is 4.30. The number of alkyl halides is 3. The minimum Gasteiger partial charge on any atom is -0.497 e. The van der Waals surface area contributed by atoms with E-state index in [9.17, 15) is 13.2 Å². The summed E-state index contributed by atoms with van der Waals surface area (Å²) < 4.78 is 48.3. The molecule has 1 aromatic carbocycles. The number of methoxy groups -OCH3 is 1. The summed E-state index contributed by atoms with van der Waals surface area (Å²) in [6, 6.07) is 7.70. The third-order valence-electron chi connectivity index (χ3n) is 4.50. The Balaban J connectivity index is 0.00000450. The Hall–Kier alpha value is -1.27. The Morgan fingerprint density at radius 3 is 2.63 bits per heavy atom. The molecular formula is C20H32F3IN4O2. The van der Waals surface area contributed by atoms with Gasteiger partial charge >= 0.3 is 6.18 Å². The highest BCUT2D eigenvalue weighted by Crippen LogP contribution is 2.19. The van der Waals surface area contributed by atoms with Crippen LogP contribution in [-0.4, -0.2) is 69.5 Å². The van der Waals surface area contributed by atoms with Gasteiger partial charge in [0.05, 0.1) is 20.3 Å². The third-order valence-corrected chi connectivity index (χ3v) is 4.50. The van der Waals surface area contributed by atoms with Gasteiger partial charge in [-0.2, -0.15) is 13.2 Å². The van der Waals surface area contributed by atoms with Crippen molar-refractivity contribution in [1.29, 1.82) is 0 Å². The van der Waals surface area contributed by atoms with Gasteiger partial charge < -0.3 is 20.1 Å². The molecule has 1 aromatic rings. The van der Waals surface area contributed by atoms with Gasteiger partial charge in [-0.1, -0.05) is 12.1 Å². The minimum absolute atomic E-state index is 0. The normalized spacial score (nSPS) is 17.5. The lowest BCUT2D eigenvalue weighted by atomic mass is 10.2. The van der Waals surface area contributed by atoms with E-state index in [-0.39, 0.29) is 30.0 Å². The zero-order valence-electron chi connectivity index (χ0n) is 17.5. The summed E-state index contributed by atoms with van der Waals surface area (Å²) in [4.78, 5) is 5.93. The van der Waals surface area contributed by atoms with Crippen LogP contribution in [-0.2, 0) is 11.3 Å². The van der Waals surface area contributed by atoms with Crippen LogP contribution in [0.2, 0.25) is 0 Å². The first-order chi connectivity index (χ1) is 13.9. The van der Waals surface area contributed by atoms with Crippen LogP contribution in [0.1, 0.15) is 25.3 Å². The highest BCUT2D eigenvalue weighted by atomic mass is 127. The van der Waals surface area contributed by atoms with Crippen molar-refractivity contribution in [2.75, 3.05) is 46.4 Å². The fourth-order valence-corrected chi connectivity index (χ4v) is 3.13. The molecule has 1 heterocycles. The second kappa shape index (κ2) is 13.9. The lowest BCUT2D eigenvalue weighted by molar-refractivity contribution is -0.143. The van der Waals surface area contributed by atoms with Gasteiger partial charge in [0.15, 0.2) is 5.96 Å². The predicted octanol–water partition coefficient (Wildman–Crippen LogP) is 3.41. The molecule has 1 fully saturated rings. The number of halogens is 4. The Bertz CT molecular complexity index is 629. The van der Waals surface area contributed by atoms with Crippen molar-refractivity contribution in [3.63, 3.8) is 0 Å². The summed E-state index contributed by atoms with van der Waals surface area (Å²) >= 11 is 0. The summed E-state index contributed by atoms with van der Waals surface area (Å²) in [6.07, 6.45) is -2.72. The van der Waals surface area contributed by atoms with Crippen LogP contribution in [0.25, 0.3) is 0 Å². The van der Waals surface area contributed by atoms with Crippen LogP contribution >= 0.6 is 24.0 Å². The fraction of sp³-hybridized carbons (Fsp3) is 0.650. The molecule has 0 radical (unpaired) electrons. The highest BCUT2D eigenvalue weighted by molar-refractivity contribution is 14.0. The first kappa shape index (κ1) is 26.8. The van der Waals surface area contributed by atoms with Gasteiger partial charge in [-0.05, 0) is 37.5 Å². The summed E-state index contributed by atoms with van der Waals surface area (Å²) in [7, 11) is 1.63. The Kier molecular flexibility index (Phi) is 12.4. The Morgan fingerprint density at radius 2 is 2.00 bits per heavy atom. The minimum atomic E-state index is -4.15. The summed E-state index contributed by atoms with van der Waals surface area (Å²) in [5.74, 6) is 1.46. The van der Waals surface area contributed by atoms with E-state index in [4.69, 9.17) is 9.47 Å². The molecule has 1 aliphatic rings. The van der Waals surface area contributed by atoms with E-state index < -0.39 is 12.7 Å². The number of hydrogen-bond acceptors (Lipinski definition) is 4. The molecule has 0 aromatic heterocycles. The largest absolute Gasteiger partial charge is 0.497 e. The monoisotopic (exact) mass is 544 g/mol. The molecule has 0 aliphatic carbocycles. The fourth-order valence-electron chi connectivity index (χ4n) is 3.13. The molecule has 1 aliphatic heterocycles. The molecule has 1 unspecified atom stereocenters. The molecule has 1 saturated heterocycles. The second-order valence-corrected chi connectivity index (χ2v) is 7.00. The van der Waals surface area contributed by atoms with Crippen molar-refractivity contribution < 1.29 is 22.6 Å². The molecule has 0 bridgehead atoms. The van der Waals surface area contributed by atoms with Crippen molar-refractivity contribution in [3.05, 3.63) is 29.8 Å². The number of nitrogens with one attached hydrogen (secondary N) is 2. The molecule has 10 heteroatoms. The van der Waals surface area contributed by atoms with Crippen molar-refractivity contribution in [2.45, 2.75) is 38.6 Å². The van der Waals surface area contributed by atoms with E-state index in [1.54, 1.807) is 7.11 Å². The van der Waals surface area contributed by atoms with Gasteiger partial charge in [0.1, 0.15) is 5.75 Å². The first-order valence-electron chi connectivity index (χ1n) is 9.94. The molecule has 0 spiro atoms. The van der Waals surface area contributed by atoms with E-state index in [1.807, 2.05) is 31.2 Å². The number of likely N-dealkylation sites (tertiary alicyclic amines) is 1. The molecule has 30 heavy (non-hydrogen) atoms. The third kappa shape index (κ3) is 10.7. The van der Waals surface area contributed by atoms with Gasteiger partial charge in [0.25, 0.3) is 0 Å². The predicted molar refractivity (Wildman–Crippen MR) is 123 cm³/mol. The van der Waals surface area contributed by atoms with Gasteiger partial charge in [-0.3, -0.25) is 9.89 Å². The number of ether oxygens (including phenoxy) is 2. The maximum atomic E-state index is 12.5. The van der Waals surface area contributed by atoms with Gasteiger partial charge in [0, 0.05) is 38.8 Å². The maximum Gasteiger partial charge on any atom is 0.401 e. The van der Waals surface area contributed by atoms with Crippen LogP contribution in [0.5, 0.6) is 5.75 Å². The quantitative estimate of drug-likeness (QED) is 0.205. The average Bonchev–Trinajstić information content (AvgIpc) is 3.10.